The highest BCUT2D eigenvalue weighted by Gasteiger charge is 2.24. The number of aliphatic hydroxyl groups excluding tert-OH is 1. The van der Waals surface area contributed by atoms with Crippen molar-refractivity contribution in [2.24, 2.45) is 0 Å². The van der Waals surface area contributed by atoms with E-state index >= 15 is 0 Å². The second kappa shape index (κ2) is 36.3. The highest BCUT2D eigenvalue weighted by Crippen LogP contribution is 2.12. The van der Waals surface area contributed by atoms with E-state index in [0.717, 1.165) is 83.5 Å². The third kappa shape index (κ3) is 36.8. The number of allylic oxidation sites excluding steroid dienone is 13. The predicted molar refractivity (Wildman–Crippen MR) is 216 cm³/mol. The van der Waals surface area contributed by atoms with Crippen molar-refractivity contribution >= 4 is 16.0 Å². The highest BCUT2D eigenvalue weighted by molar-refractivity contribution is 7.85. The van der Waals surface area contributed by atoms with E-state index in [4.69, 9.17) is 0 Å². The van der Waals surface area contributed by atoms with Crippen molar-refractivity contribution in [3.8, 4) is 0 Å². The molecule has 286 valence electrons. The Hall–Kier alpha value is -2.48. The molecule has 0 saturated carbocycles. The monoisotopic (exact) mass is 716 g/mol. The van der Waals surface area contributed by atoms with E-state index < -0.39 is 28.0 Å². The Bertz CT molecular complexity index is 1100. The third-order valence-electron chi connectivity index (χ3n) is 8.33. The summed E-state index contributed by atoms with van der Waals surface area (Å²) in [5.41, 5.74) is 0. The Balaban J connectivity index is 4.02. The maximum atomic E-state index is 12.5. The number of nitrogens with one attached hydrogen (secondary N) is 1. The van der Waals surface area contributed by atoms with E-state index in [2.05, 4.69) is 92.1 Å². The van der Waals surface area contributed by atoms with Gasteiger partial charge in [0, 0.05) is 6.42 Å². The summed E-state index contributed by atoms with van der Waals surface area (Å²) >= 11 is 0. The Labute approximate surface area is 307 Å². The van der Waals surface area contributed by atoms with Crippen molar-refractivity contribution in [2.75, 3.05) is 5.75 Å². The molecule has 0 aromatic heterocycles. The molecule has 7 heteroatoms. The maximum absolute atomic E-state index is 12.5. The van der Waals surface area contributed by atoms with Gasteiger partial charge in [-0.2, -0.15) is 8.42 Å². The number of hydrogen-bond acceptors (Lipinski definition) is 4. The summed E-state index contributed by atoms with van der Waals surface area (Å²) in [5.74, 6) is -1.02. The van der Waals surface area contributed by atoms with E-state index in [1.165, 1.54) is 51.4 Å². The lowest BCUT2D eigenvalue weighted by Crippen LogP contribution is -2.46. The molecule has 0 aliphatic carbocycles. The van der Waals surface area contributed by atoms with Crippen LogP contribution in [-0.4, -0.2) is 41.9 Å². The molecule has 0 saturated heterocycles. The number of unbranched alkanes of at least 4 members (excludes halogenated alkanes) is 14. The molecule has 6 nitrogen and oxygen atoms in total. The Morgan fingerprint density at radius 2 is 0.960 bits per heavy atom. The highest BCUT2D eigenvalue weighted by atomic mass is 32.2. The number of amides is 1. The van der Waals surface area contributed by atoms with Crippen LogP contribution in [0.4, 0.5) is 0 Å². The summed E-state index contributed by atoms with van der Waals surface area (Å²) < 4.78 is 32.4. The molecule has 0 bridgehead atoms. The lowest BCUT2D eigenvalue weighted by Gasteiger charge is -2.21. The van der Waals surface area contributed by atoms with Crippen LogP contribution < -0.4 is 5.32 Å². The molecule has 0 aliphatic heterocycles. The summed E-state index contributed by atoms with van der Waals surface area (Å²) in [6.45, 7) is 4.38. The fourth-order valence-corrected chi connectivity index (χ4v) is 6.13. The quantitative estimate of drug-likeness (QED) is 0.0349. The minimum absolute atomic E-state index is 0.261. The molecule has 0 fully saturated rings. The van der Waals surface area contributed by atoms with Crippen molar-refractivity contribution in [1.82, 2.24) is 5.32 Å². The number of carbonyl (C=O) groups excluding carboxylic acids is 1. The van der Waals surface area contributed by atoms with Crippen molar-refractivity contribution < 1.29 is 22.9 Å². The van der Waals surface area contributed by atoms with Crippen LogP contribution in [0.15, 0.2) is 85.1 Å². The predicted octanol–water partition coefficient (Wildman–Crippen LogP) is 11.6. The van der Waals surface area contributed by atoms with Crippen LogP contribution in [0.2, 0.25) is 0 Å². The molecule has 50 heavy (non-hydrogen) atoms. The summed E-state index contributed by atoms with van der Waals surface area (Å²) in [6, 6.07) is -1.07. The summed E-state index contributed by atoms with van der Waals surface area (Å²) in [6.07, 6.45) is 52.8. The largest absolute Gasteiger partial charge is 0.387 e. The summed E-state index contributed by atoms with van der Waals surface area (Å²) in [7, 11) is -4.35. The lowest BCUT2D eigenvalue weighted by atomic mass is 10.1. The van der Waals surface area contributed by atoms with Crippen LogP contribution in [0.25, 0.3) is 0 Å². The average Bonchev–Trinajstić information content (AvgIpc) is 3.08. The van der Waals surface area contributed by atoms with Gasteiger partial charge in [-0.1, -0.05) is 170 Å². The van der Waals surface area contributed by atoms with E-state index in [9.17, 15) is 22.9 Å². The van der Waals surface area contributed by atoms with Gasteiger partial charge in [0.25, 0.3) is 10.1 Å². The van der Waals surface area contributed by atoms with Gasteiger partial charge in [-0.05, 0) is 70.6 Å². The molecule has 3 N–H and O–H groups in total. The van der Waals surface area contributed by atoms with Crippen LogP contribution >= 0.6 is 0 Å². The lowest BCUT2D eigenvalue weighted by molar-refractivity contribution is -0.122. The minimum atomic E-state index is -4.35. The van der Waals surface area contributed by atoms with Crippen LogP contribution in [0.5, 0.6) is 0 Å². The average molecular weight is 716 g/mol. The zero-order chi connectivity index (χ0) is 36.8. The first-order chi connectivity index (χ1) is 24.3. The van der Waals surface area contributed by atoms with Gasteiger partial charge in [0.15, 0.2) is 0 Å². The van der Waals surface area contributed by atoms with Crippen molar-refractivity contribution in [3.05, 3.63) is 85.1 Å². The van der Waals surface area contributed by atoms with E-state index in [1.54, 1.807) is 6.08 Å². The van der Waals surface area contributed by atoms with Crippen LogP contribution in [0.3, 0.4) is 0 Å². The van der Waals surface area contributed by atoms with Crippen LogP contribution in [-0.2, 0) is 14.9 Å². The summed E-state index contributed by atoms with van der Waals surface area (Å²) in [4.78, 5) is 12.5. The number of hydrogen-bond donors (Lipinski definition) is 3. The normalized spacial score (nSPS) is 14.2. The first kappa shape index (κ1) is 47.5. The van der Waals surface area contributed by atoms with Crippen molar-refractivity contribution in [3.63, 3.8) is 0 Å². The van der Waals surface area contributed by atoms with Gasteiger partial charge in [-0.3, -0.25) is 9.35 Å². The fraction of sp³-hybridized carbons (Fsp3) is 0.651. The molecule has 2 atom stereocenters. The summed E-state index contributed by atoms with van der Waals surface area (Å²) in [5, 5.41) is 13.2. The first-order valence-corrected chi connectivity index (χ1v) is 21.4. The van der Waals surface area contributed by atoms with Gasteiger partial charge < -0.3 is 10.4 Å². The first-order valence-electron chi connectivity index (χ1n) is 19.8. The van der Waals surface area contributed by atoms with Gasteiger partial charge in [-0.15, -0.1) is 0 Å². The molecular weight excluding hydrogens is 643 g/mol. The molecular formula is C43H73NO5S. The smallest absolute Gasteiger partial charge is 0.267 e. The van der Waals surface area contributed by atoms with Gasteiger partial charge >= 0.3 is 0 Å². The zero-order valence-electron chi connectivity index (χ0n) is 31.7. The third-order valence-corrected chi connectivity index (χ3v) is 9.11. The van der Waals surface area contributed by atoms with Crippen LogP contribution in [0, 0.1) is 0 Å². The molecule has 0 aliphatic rings. The number of carbonyl (C=O) groups is 1. The van der Waals surface area contributed by atoms with E-state index in [1.807, 2.05) is 6.08 Å². The molecule has 0 heterocycles. The molecule has 2 unspecified atom stereocenters. The number of aliphatic hydroxyl groups is 1. The molecule has 0 radical (unpaired) electrons. The van der Waals surface area contributed by atoms with Gasteiger partial charge in [-0.25, -0.2) is 0 Å². The van der Waals surface area contributed by atoms with E-state index in [0.29, 0.717) is 6.42 Å². The Morgan fingerprint density at radius 1 is 0.560 bits per heavy atom. The molecule has 0 spiro atoms. The molecule has 0 aromatic rings. The molecule has 0 rings (SSSR count). The SMILES string of the molecule is CC/C=C\C/C=C\C/C=C\C/C=C\C/C=C\C/C=C\CCCCCCC(=O)NC(CS(=O)(=O)O)C(O)/C=C/CCCCCCCCCCCC. The van der Waals surface area contributed by atoms with Crippen molar-refractivity contribution in [1.29, 1.82) is 0 Å². The Morgan fingerprint density at radius 3 is 1.42 bits per heavy atom. The van der Waals surface area contributed by atoms with Gasteiger partial charge in [0.1, 0.15) is 0 Å². The standard InChI is InChI=1S/C43H73NO5S/c1-3-5-7-9-11-13-15-17-18-19-20-21-22-23-24-25-26-27-29-31-33-35-37-39-43(46)44-41(40-50(47,48)49)42(45)38-36-34-32-30-28-16-14-12-10-8-6-4-2/h5,7,11,13,17-18,20-21,23-24,26-27,36,38,41-42,45H,3-4,6,8-10,12,14-16,19,22,25,28-35,37,39-40H2,1-2H3,(H,44,46)(H,47,48,49)/b7-5-,13-11-,18-17-,21-20-,24-23-,27-26-,38-36+. The van der Waals surface area contributed by atoms with E-state index in [-0.39, 0.29) is 12.3 Å². The fourth-order valence-electron chi connectivity index (χ4n) is 5.39. The topological polar surface area (TPSA) is 104 Å². The van der Waals surface area contributed by atoms with Gasteiger partial charge in [0.05, 0.1) is 17.9 Å². The minimum Gasteiger partial charge on any atom is -0.387 e. The second-order valence-corrected chi connectivity index (χ2v) is 14.7. The Kier molecular flexibility index (Phi) is 34.5. The van der Waals surface area contributed by atoms with Crippen molar-refractivity contribution in [2.45, 2.75) is 174 Å². The van der Waals surface area contributed by atoms with Gasteiger partial charge in [0.2, 0.25) is 5.91 Å². The number of rotatable bonds is 34. The second-order valence-electron chi connectivity index (χ2n) is 13.2. The molecule has 0 aromatic carbocycles. The van der Waals surface area contributed by atoms with Crippen LogP contribution in [0.1, 0.15) is 162 Å². The maximum Gasteiger partial charge on any atom is 0.267 e. The zero-order valence-corrected chi connectivity index (χ0v) is 32.6. The molecule has 1 amide bonds.